The Morgan fingerprint density at radius 3 is 1.81 bits per heavy atom. The number of aliphatic hydroxyl groups excluding tert-OH is 4. The number of aliphatic hydroxyl groups is 4. The molecule has 2 unspecified atom stereocenters. The number of ether oxygens (including phenoxy) is 7. The third-order valence-corrected chi connectivity index (χ3v) is 12.2. The predicted molar refractivity (Wildman–Crippen MR) is 234 cm³/mol. The molecule has 0 aromatic heterocycles. The number of esters is 1. The molecule has 2 aliphatic rings. The van der Waals surface area contributed by atoms with Crippen LogP contribution in [0.3, 0.4) is 0 Å². The van der Waals surface area contributed by atoms with E-state index in [1.54, 1.807) is 60.7 Å². The van der Waals surface area contributed by atoms with Gasteiger partial charge in [0.1, 0.15) is 61.2 Å². The molecule has 1 amide bonds. The molecule has 2 fully saturated rings. The largest absolute Gasteiger partial charge is 0.508 e. The highest BCUT2D eigenvalue weighted by Gasteiger charge is 2.56. The highest BCUT2D eigenvalue weighted by Crippen LogP contribution is 2.38. The zero-order valence-electron chi connectivity index (χ0n) is 39.5. The molecule has 356 valence electrons. The summed E-state index contributed by atoms with van der Waals surface area (Å²) in [6, 6.07) is 15.7. The number of hydrogen-bond acceptors (Lipinski definition) is 14. The average Bonchev–Trinajstić information content (AvgIpc) is 3.19. The van der Waals surface area contributed by atoms with Gasteiger partial charge in [-0.1, -0.05) is 56.3 Å². The molecule has 63 heavy (non-hydrogen) atoms. The second-order valence-electron chi connectivity index (χ2n) is 19.9. The second kappa shape index (κ2) is 21.4. The van der Waals surface area contributed by atoms with Crippen LogP contribution in [0.2, 0.25) is 0 Å². The first-order valence-corrected chi connectivity index (χ1v) is 22.1. The molecule has 0 bridgehead atoms. The van der Waals surface area contributed by atoms with Crippen LogP contribution < -0.4 is 0 Å². The van der Waals surface area contributed by atoms with Crippen LogP contribution in [-0.4, -0.2) is 146 Å². The van der Waals surface area contributed by atoms with Crippen molar-refractivity contribution in [2.75, 3.05) is 13.7 Å². The number of hydrogen-bond donors (Lipinski definition) is 5. The number of rotatable bonds is 20. The number of benzene rings is 2. The predicted octanol–water partition coefficient (Wildman–Crippen LogP) is 4.84. The van der Waals surface area contributed by atoms with Crippen LogP contribution in [-0.2, 0) is 55.9 Å². The molecule has 2 aromatic carbocycles. The first-order valence-electron chi connectivity index (χ1n) is 22.1. The van der Waals surface area contributed by atoms with Crippen LogP contribution >= 0.6 is 0 Å². The zero-order valence-corrected chi connectivity index (χ0v) is 39.5. The Kier molecular flexibility index (Phi) is 17.8. The highest BCUT2D eigenvalue weighted by molar-refractivity contribution is 5.81. The summed E-state index contributed by atoms with van der Waals surface area (Å²) in [5, 5.41) is 55.9. The summed E-state index contributed by atoms with van der Waals surface area (Å²) in [5.74, 6) is -1.17. The van der Waals surface area contributed by atoms with Gasteiger partial charge in [0.2, 0.25) is 0 Å². The van der Waals surface area contributed by atoms with Crippen LogP contribution in [0.1, 0.15) is 107 Å². The van der Waals surface area contributed by atoms with Gasteiger partial charge in [-0.15, -0.1) is 0 Å². The van der Waals surface area contributed by atoms with Crippen molar-refractivity contribution in [3.63, 3.8) is 0 Å². The van der Waals surface area contributed by atoms with Crippen molar-refractivity contribution in [2.24, 2.45) is 5.92 Å². The Hall–Kier alpha value is -3.22. The Morgan fingerprint density at radius 2 is 1.25 bits per heavy atom. The van der Waals surface area contributed by atoms with Crippen molar-refractivity contribution in [3.05, 3.63) is 65.7 Å². The van der Waals surface area contributed by atoms with Crippen molar-refractivity contribution in [2.45, 2.75) is 199 Å². The van der Waals surface area contributed by atoms with E-state index in [2.05, 4.69) is 0 Å². The van der Waals surface area contributed by atoms with E-state index < -0.39 is 95.3 Å². The molecule has 4 rings (SSSR count). The van der Waals surface area contributed by atoms with Crippen LogP contribution in [0.5, 0.6) is 5.75 Å². The summed E-state index contributed by atoms with van der Waals surface area (Å²) in [6.45, 7) is 22.0. The normalized spacial score (nSPS) is 27.4. The first-order chi connectivity index (χ1) is 29.2. The molecule has 15 heteroatoms. The van der Waals surface area contributed by atoms with Gasteiger partial charge in [-0.3, -0.25) is 4.79 Å². The van der Waals surface area contributed by atoms with E-state index in [-0.39, 0.29) is 37.5 Å². The maximum Gasteiger partial charge on any atom is 0.338 e. The van der Waals surface area contributed by atoms with Gasteiger partial charge in [-0.25, -0.2) is 4.79 Å². The van der Waals surface area contributed by atoms with Gasteiger partial charge < -0.3 is 63.6 Å². The molecular weight excluding hydrogens is 815 g/mol. The van der Waals surface area contributed by atoms with Crippen LogP contribution in [0.25, 0.3) is 0 Å². The SMILES string of the molecule is CC(C)OC(C)(C)[C@@H]1OC(C(=O)OCc2ccc(O)cc2)[C@@H](OC(C)(C)CCCOC(C)(C)[C@@H]2OC(C(=O)N(C)Cc3ccccc3)[C@@H](OC(C)(C)C(C)C)[C@H](O)[C@@H]2O)[C@H](O)[C@@H]1O. The van der Waals surface area contributed by atoms with Crippen molar-refractivity contribution in [1.29, 1.82) is 0 Å². The van der Waals surface area contributed by atoms with Crippen LogP contribution in [0, 0.1) is 5.92 Å². The molecule has 0 radical (unpaired) electrons. The topological polar surface area (TPSA) is 203 Å². The van der Waals surface area contributed by atoms with Gasteiger partial charge in [0, 0.05) is 20.2 Å². The lowest BCUT2D eigenvalue weighted by molar-refractivity contribution is -0.292. The fourth-order valence-electron chi connectivity index (χ4n) is 8.02. The number of carbonyl (C=O) groups is 2. The van der Waals surface area contributed by atoms with Crippen molar-refractivity contribution in [3.8, 4) is 5.75 Å². The van der Waals surface area contributed by atoms with Gasteiger partial charge in [-0.05, 0) is 111 Å². The summed E-state index contributed by atoms with van der Waals surface area (Å²) >= 11 is 0. The molecule has 0 spiro atoms. The number of likely N-dealkylation sites (N-methyl/N-ethyl adjacent to an activating group) is 1. The molecule has 15 nitrogen and oxygen atoms in total. The fraction of sp³-hybridized carbons (Fsp3) is 0.708. The van der Waals surface area contributed by atoms with Crippen LogP contribution in [0.15, 0.2) is 54.6 Å². The lowest BCUT2D eigenvalue weighted by Gasteiger charge is -2.49. The third-order valence-electron chi connectivity index (χ3n) is 12.2. The minimum atomic E-state index is -1.57. The summed E-state index contributed by atoms with van der Waals surface area (Å²) in [5.41, 5.74) is -2.61. The van der Waals surface area contributed by atoms with Crippen molar-refractivity contribution >= 4 is 11.9 Å². The Labute approximate surface area is 373 Å². The summed E-state index contributed by atoms with van der Waals surface area (Å²) < 4.78 is 43.6. The van der Waals surface area contributed by atoms with E-state index in [4.69, 9.17) is 33.2 Å². The standard InChI is InChI=1S/C48H75NO14/c1-28(2)46(7,8)63-37-33(51)35(53)41(59-39(37)43(55)49(13)26-30-18-15-14-16-19-30)47(9,10)58-25-17-24-45(5,6)62-38-34(52)36(54)42(48(11,12)61-29(3)4)60-40(38)44(56)57-27-31-20-22-32(50)23-21-31/h14-16,18-23,28-29,33-42,50-54H,17,24-27H2,1-13H3/t33-,34-,35+,36+,37+,38+,39?,40?,41-,42-/m1/s1. The second-order valence-corrected chi connectivity index (χ2v) is 19.9. The Morgan fingerprint density at radius 1 is 0.714 bits per heavy atom. The molecule has 5 N–H and O–H groups in total. The number of carbonyl (C=O) groups excluding carboxylic acids is 2. The van der Waals surface area contributed by atoms with E-state index in [0.29, 0.717) is 18.4 Å². The van der Waals surface area contributed by atoms with Gasteiger partial charge in [0.05, 0.1) is 28.5 Å². The van der Waals surface area contributed by atoms with Gasteiger partial charge >= 0.3 is 5.97 Å². The minimum Gasteiger partial charge on any atom is -0.508 e. The summed E-state index contributed by atoms with van der Waals surface area (Å²) in [6.07, 6.45) is -13.1. The van der Waals surface area contributed by atoms with E-state index in [1.165, 1.54) is 17.0 Å². The molecule has 10 atom stereocenters. The fourth-order valence-corrected chi connectivity index (χ4v) is 8.02. The quantitative estimate of drug-likeness (QED) is 0.0893. The maximum atomic E-state index is 14.1. The zero-order chi connectivity index (χ0) is 47.2. The maximum absolute atomic E-state index is 14.1. The van der Waals surface area contributed by atoms with E-state index in [9.17, 15) is 35.1 Å². The number of nitrogens with zero attached hydrogens (tertiary/aromatic N) is 1. The van der Waals surface area contributed by atoms with E-state index in [1.807, 2.05) is 71.9 Å². The minimum absolute atomic E-state index is 0.00833. The number of phenols is 1. The third kappa shape index (κ3) is 13.7. The van der Waals surface area contributed by atoms with Gasteiger partial charge in [0.25, 0.3) is 5.91 Å². The lowest BCUT2D eigenvalue weighted by atomic mass is 9.85. The lowest BCUT2D eigenvalue weighted by Crippen LogP contribution is -2.68. The molecule has 2 saturated heterocycles. The van der Waals surface area contributed by atoms with Crippen molar-refractivity contribution in [1.82, 2.24) is 4.90 Å². The highest BCUT2D eigenvalue weighted by atomic mass is 16.6. The molecule has 0 aliphatic carbocycles. The van der Waals surface area contributed by atoms with Crippen molar-refractivity contribution < 1.29 is 68.3 Å². The molecule has 2 aromatic rings. The molecular formula is C48H75NO14. The monoisotopic (exact) mass is 890 g/mol. The first kappa shape index (κ1) is 52.4. The molecule has 0 saturated carbocycles. The Balaban J connectivity index is 1.47. The van der Waals surface area contributed by atoms with Gasteiger partial charge in [-0.2, -0.15) is 0 Å². The molecule has 2 aliphatic heterocycles. The Bertz CT molecular complexity index is 1750. The van der Waals surface area contributed by atoms with Gasteiger partial charge in [0.15, 0.2) is 12.2 Å². The number of phenolic OH excluding ortho intramolecular Hbond substituents is 1. The smallest absolute Gasteiger partial charge is 0.338 e. The van der Waals surface area contributed by atoms with E-state index >= 15 is 0 Å². The summed E-state index contributed by atoms with van der Waals surface area (Å²) in [7, 11) is 1.66. The van der Waals surface area contributed by atoms with Crippen LogP contribution in [0.4, 0.5) is 0 Å². The average molecular weight is 890 g/mol. The number of aromatic hydroxyl groups is 1. The number of amides is 1. The summed E-state index contributed by atoms with van der Waals surface area (Å²) in [4.78, 5) is 29.4. The van der Waals surface area contributed by atoms with E-state index in [0.717, 1.165) is 5.56 Å². The molecule has 2 heterocycles.